The number of aromatic amines is 1. The van der Waals surface area contributed by atoms with Crippen molar-refractivity contribution in [3.05, 3.63) is 83.1 Å². The van der Waals surface area contributed by atoms with Crippen molar-refractivity contribution in [2.45, 2.75) is 11.8 Å². The van der Waals surface area contributed by atoms with E-state index < -0.39 is 0 Å². The minimum Gasteiger partial charge on any atom is -0.351 e. The van der Waals surface area contributed by atoms with Crippen LogP contribution in [0.1, 0.15) is 33.7 Å². The van der Waals surface area contributed by atoms with E-state index in [2.05, 4.69) is 27.3 Å². The first kappa shape index (κ1) is 17.0. The maximum Gasteiger partial charge on any atom is 0.270 e. The molecule has 5 rings (SSSR count). The van der Waals surface area contributed by atoms with Gasteiger partial charge in [0.2, 0.25) is 6.39 Å². The summed E-state index contributed by atoms with van der Waals surface area (Å²) in [6.45, 7) is 1.13. The van der Waals surface area contributed by atoms with E-state index >= 15 is 0 Å². The Hall–Kier alpha value is -3.12. The van der Waals surface area contributed by atoms with E-state index in [9.17, 15) is 4.79 Å². The second kappa shape index (κ2) is 6.80. The lowest BCUT2D eigenvalue weighted by atomic mass is 9.88. The lowest BCUT2D eigenvalue weighted by Crippen LogP contribution is -2.29. The van der Waals surface area contributed by atoms with Gasteiger partial charge in [0.1, 0.15) is 5.69 Å². The quantitative estimate of drug-likeness (QED) is 0.566. The van der Waals surface area contributed by atoms with Crippen LogP contribution in [0.3, 0.4) is 0 Å². The molecule has 2 aromatic carbocycles. The third kappa shape index (κ3) is 2.96. The van der Waals surface area contributed by atoms with Crippen molar-refractivity contribution < 1.29 is 9.32 Å². The fourth-order valence-electron chi connectivity index (χ4n) is 4.00. The molecular weight excluding hydrogens is 376 g/mol. The van der Waals surface area contributed by atoms with Crippen LogP contribution in [0.5, 0.6) is 0 Å². The van der Waals surface area contributed by atoms with Crippen molar-refractivity contribution in [1.82, 2.24) is 20.0 Å². The number of H-pyrrole nitrogens is 1. The molecule has 3 heterocycles. The topological polar surface area (TPSA) is 75.0 Å². The largest absolute Gasteiger partial charge is 0.351 e. The molecule has 2 atom stereocenters. The van der Waals surface area contributed by atoms with Crippen molar-refractivity contribution in [3.63, 3.8) is 0 Å². The number of hydrogen-bond donors (Lipinski definition) is 1. The Balaban J connectivity index is 1.47. The number of carbonyl (C=O) groups is 1. The Bertz CT molecular complexity index is 1120. The van der Waals surface area contributed by atoms with Gasteiger partial charge in [0.15, 0.2) is 5.82 Å². The van der Waals surface area contributed by atoms with E-state index in [0.29, 0.717) is 29.6 Å². The number of halogens is 1. The molecule has 28 heavy (non-hydrogen) atoms. The lowest BCUT2D eigenvalue weighted by molar-refractivity contribution is 0.0784. The predicted molar refractivity (Wildman–Crippen MR) is 105 cm³/mol. The molecule has 0 saturated carbocycles. The van der Waals surface area contributed by atoms with E-state index in [0.717, 1.165) is 16.5 Å². The van der Waals surface area contributed by atoms with Gasteiger partial charge in [-0.2, -0.15) is 4.98 Å². The molecule has 0 spiro atoms. The highest BCUT2D eigenvalue weighted by Crippen LogP contribution is 2.39. The minimum atomic E-state index is -0.0424. The second-order valence-corrected chi connectivity index (χ2v) is 7.47. The zero-order valence-corrected chi connectivity index (χ0v) is 15.6. The van der Waals surface area contributed by atoms with Crippen molar-refractivity contribution in [3.8, 4) is 0 Å². The summed E-state index contributed by atoms with van der Waals surface area (Å²) in [7, 11) is 0. The van der Waals surface area contributed by atoms with Gasteiger partial charge in [-0.3, -0.25) is 4.79 Å². The highest BCUT2D eigenvalue weighted by molar-refractivity contribution is 6.31. The van der Waals surface area contributed by atoms with Gasteiger partial charge in [0.05, 0.1) is 0 Å². The monoisotopic (exact) mass is 392 g/mol. The summed E-state index contributed by atoms with van der Waals surface area (Å²) in [5.41, 5.74) is 2.61. The van der Waals surface area contributed by atoms with Crippen LogP contribution in [0.4, 0.5) is 0 Å². The van der Waals surface area contributed by atoms with Crippen LogP contribution in [0.25, 0.3) is 10.9 Å². The molecule has 1 amide bonds. The second-order valence-electron chi connectivity index (χ2n) is 7.04. The van der Waals surface area contributed by atoms with Crippen LogP contribution in [0.15, 0.2) is 65.5 Å². The highest BCUT2D eigenvalue weighted by atomic mass is 35.5. The molecule has 7 heteroatoms. The smallest absolute Gasteiger partial charge is 0.270 e. The molecule has 2 aromatic heterocycles. The van der Waals surface area contributed by atoms with Crippen molar-refractivity contribution in [1.29, 1.82) is 0 Å². The fourth-order valence-corrected chi connectivity index (χ4v) is 4.18. The summed E-state index contributed by atoms with van der Waals surface area (Å²) in [5.74, 6) is 0.692. The summed E-state index contributed by atoms with van der Waals surface area (Å²) in [4.78, 5) is 22.5. The number of benzene rings is 2. The number of amides is 1. The third-order valence-electron chi connectivity index (χ3n) is 5.36. The summed E-state index contributed by atoms with van der Waals surface area (Å²) in [6.07, 6.45) is 1.34. The number of nitrogens with zero attached hydrogens (tertiary/aromatic N) is 3. The Kier molecular flexibility index (Phi) is 4.13. The van der Waals surface area contributed by atoms with Crippen LogP contribution in [-0.4, -0.2) is 39.0 Å². The van der Waals surface area contributed by atoms with E-state index in [1.165, 1.54) is 6.39 Å². The number of aromatic nitrogens is 3. The first-order valence-electron chi connectivity index (χ1n) is 9.08. The Morgan fingerprint density at radius 2 is 1.93 bits per heavy atom. The van der Waals surface area contributed by atoms with Crippen LogP contribution < -0.4 is 0 Å². The zero-order valence-electron chi connectivity index (χ0n) is 14.9. The molecule has 4 aromatic rings. The van der Waals surface area contributed by atoms with E-state index in [1.54, 1.807) is 0 Å². The number of rotatable bonds is 3. The molecule has 1 aliphatic heterocycles. The Labute approximate surface area is 166 Å². The summed E-state index contributed by atoms with van der Waals surface area (Å²) < 4.78 is 4.96. The summed E-state index contributed by atoms with van der Waals surface area (Å²) in [5, 5.41) is 5.61. The van der Waals surface area contributed by atoms with Crippen LogP contribution in [-0.2, 0) is 0 Å². The van der Waals surface area contributed by atoms with Crippen LogP contribution in [0, 0.1) is 0 Å². The maximum atomic E-state index is 13.2. The Morgan fingerprint density at radius 3 is 2.71 bits per heavy atom. The first-order valence-corrected chi connectivity index (χ1v) is 9.45. The molecule has 0 bridgehead atoms. The number of fused-ring (bicyclic) bond motifs is 1. The van der Waals surface area contributed by atoms with Gasteiger partial charge in [-0.15, -0.1) is 0 Å². The zero-order chi connectivity index (χ0) is 19.1. The van der Waals surface area contributed by atoms with Crippen LogP contribution in [0.2, 0.25) is 5.02 Å². The molecule has 1 N–H and O–H groups in total. The molecule has 0 radical (unpaired) electrons. The van der Waals surface area contributed by atoms with Gasteiger partial charge >= 0.3 is 0 Å². The van der Waals surface area contributed by atoms with Gasteiger partial charge in [0.25, 0.3) is 5.91 Å². The molecule has 0 unspecified atom stereocenters. The Morgan fingerprint density at radius 1 is 1.11 bits per heavy atom. The number of carbonyl (C=O) groups excluding carboxylic acids is 1. The highest BCUT2D eigenvalue weighted by Gasteiger charge is 2.39. The fraction of sp³-hybridized carbons (Fsp3) is 0.190. The van der Waals surface area contributed by atoms with E-state index in [4.69, 9.17) is 16.1 Å². The molecule has 1 fully saturated rings. The molecular formula is C21H17ClN4O2. The summed E-state index contributed by atoms with van der Waals surface area (Å²) in [6, 6.07) is 17.6. The molecule has 1 saturated heterocycles. The number of nitrogens with one attached hydrogen (secondary N) is 1. The van der Waals surface area contributed by atoms with Crippen LogP contribution >= 0.6 is 11.6 Å². The maximum absolute atomic E-state index is 13.2. The standard InChI is InChI=1S/C21H17ClN4O2/c22-15-6-7-18-14(8-15)9-19(24-18)21(27)26-10-16(13-4-2-1-3-5-13)17(11-26)20-23-12-28-25-20/h1-9,12,16-17,24H,10-11H2/t16-,17+/m0/s1. The molecule has 140 valence electrons. The normalized spacial score (nSPS) is 19.4. The van der Waals surface area contributed by atoms with Gasteiger partial charge < -0.3 is 14.4 Å². The van der Waals surface area contributed by atoms with E-state index in [1.807, 2.05) is 47.4 Å². The number of hydrogen-bond acceptors (Lipinski definition) is 4. The van der Waals surface area contributed by atoms with Crippen molar-refractivity contribution in [2.75, 3.05) is 13.1 Å². The van der Waals surface area contributed by atoms with Crippen molar-refractivity contribution in [2.24, 2.45) is 0 Å². The van der Waals surface area contributed by atoms with Gasteiger partial charge in [0, 0.05) is 40.9 Å². The van der Waals surface area contributed by atoms with Gasteiger partial charge in [-0.25, -0.2) is 0 Å². The minimum absolute atomic E-state index is 0.0103. The van der Waals surface area contributed by atoms with Gasteiger partial charge in [-0.05, 0) is 29.8 Å². The first-order chi connectivity index (χ1) is 13.7. The predicted octanol–water partition coefficient (Wildman–Crippen LogP) is 4.23. The van der Waals surface area contributed by atoms with Gasteiger partial charge in [-0.1, -0.05) is 47.1 Å². The lowest BCUT2D eigenvalue weighted by Gasteiger charge is -2.16. The third-order valence-corrected chi connectivity index (χ3v) is 5.59. The number of likely N-dealkylation sites (tertiary alicyclic amines) is 1. The van der Waals surface area contributed by atoms with E-state index in [-0.39, 0.29) is 17.7 Å². The average Bonchev–Trinajstić information content (AvgIpc) is 3.46. The SMILES string of the molecule is O=C(c1cc2cc(Cl)ccc2[nH]1)N1C[C@@H](c2ccccc2)[C@H](c2ncon2)C1. The molecule has 6 nitrogen and oxygen atoms in total. The average molecular weight is 393 g/mol. The summed E-state index contributed by atoms with van der Waals surface area (Å²) >= 11 is 6.07. The molecule has 0 aliphatic carbocycles. The van der Waals surface area contributed by atoms with Crippen molar-refractivity contribution >= 4 is 28.4 Å². The molecule has 1 aliphatic rings.